The van der Waals surface area contributed by atoms with Gasteiger partial charge < -0.3 is 4.84 Å². The summed E-state index contributed by atoms with van der Waals surface area (Å²) < 4.78 is 0. The molecule has 0 aromatic heterocycles. The van der Waals surface area contributed by atoms with Gasteiger partial charge in [-0.2, -0.15) is 0 Å². The summed E-state index contributed by atoms with van der Waals surface area (Å²) in [6, 6.07) is 11.4. The maximum Gasteiger partial charge on any atom is 0.279 e. The van der Waals surface area contributed by atoms with Crippen LogP contribution in [-0.4, -0.2) is 23.6 Å². The predicted molar refractivity (Wildman–Crippen MR) is 95.3 cm³/mol. The number of hydrogen-bond acceptors (Lipinski definition) is 4. The van der Waals surface area contributed by atoms with Crippen molar-refractivity contribution in [2.24, 2.45) is 11.1 Å². The van der Waals surface area contributed by atoms with E-state index in [0.29, 0.717) is 21.3 Å². The second-order valence-electron chi connectivity index (χ2n) is 5.59. The van der Waals surface area contributed by atoms with E-state index < -0.39 is 23.8 Å². The Morgan fingerprint density at radius 1 is 0.920 bits per heavy atom. The molecule has 2 amide bonds. The molecule has 0 radical (unpaired) electrons. The molecule has 2 atom stereocenters. The molecule has 2 aromatic rings. The summed E-state index contributed by atoms with van der Waals surface area (Å²) >= 11 is 18.0. The number of carbonyl (C=O) groups excluding carboxylic acids is 2. The molecular formula is C17H9Cl3N2O3. The highest BCUT2D eigenvalue weighted by Crippen LogP contribution is 2.38. The second-order valence-corrected chi connectivity index (χ2v) is 6.87. The van der Waals surface area contributed by atoms with Crippen molar-refractivity contribution in [2.75, 3.05) is 4.90 Å². The van der Waals surface area contributed by atoms with Gasteiger partial charge in [0, 0.05) is 15.6 Å². The molecule has 25 heavy (non-hydrogen) atoms. The number of fused-ring (bicyclic) bond motifs is 1. The van der Waals surface area contributed by atoms with Crippen LogP contribution in [0.3, 0.4) is 0 Å². The lowest BCUT2D eigenvalue weighted by Crippen LogP contribution is -2.33. The summed E-state index contributed by atoms with van der Waals surface area (Å²) in [5.41, 5.74) is 1.29. The Labute approximate surface area is 157 Å². The molecule has 0 spiro atoms. The topological polar surface area (TPSA) is 59.0 Å². The summed E-state index contributed by atoms with van der Waals surface area (Å²) in [6.07, 6.45) is -1.01. The molecule has 1 fully saturated rings. The van der Waals surface area contributed by atoms with Crippen molar-refractivity contribution in [3.05, 3.63) is 63.1 Å². The highest BCUT2D eigenvalue weighted by molar-refractivity contribution is 6.39. The molecule has 0 saturated carbocycles. The molecule has 126 valence electrons. The van der Waals surface area contributed by atoms with Crippen LogP contribution in [0.4, 0.5) is 5.69 Å². The second kappa shape index (κ2) is 6.02. The first kappa shape index (κ1) is 16.4. The van der Waals surface area contributed by atoms with E-state index in [9.17, 15) is 9.59 Å². The number of carbonyl (C=O) groups is 2. The van der Waals surface area contributed by atoms with E-state index in [4.69, 9.17) is 39.6 Å². The van der Waals surface area contributed by atoms with Gasteiger partial charge in [0.2, 0.25) is 12.0 Å². The molecule has 2 aromatic carbocycles. The number of benzene rings is 2. The lowest BCUT2D eigenvalue weighted by atomic mass is 9.94. The standard InChI is InChI=1S/C17H9Cl3N2O3/c18-9-3-1-8(2-4-9)14-13-15(25-21-14)17(24)22(16(13)23)12-7-10(19)5-6-11(12)20/h1-7,13,15H/t13-,15-/m1/s1. The van der Waals surface area contributed by atoms with E-state index in [0.717, 1.165) is 4.90 Å². The number of rotatable bonds is 2. The minimum absolute atomic E-state index is 0.234. The lowest BCUT2D eigenvalue weighted by molar-refractivity contribution is -0.126. The SMILES string of the molecule is O=C1[C@@H]2C(c3ccc(Cl)cc3)=NO[C@H]2C(=O)N1c1cc(Cl)ccc1Cl. The van der Waals surface area contributed by atoms with Crippen molar-refractivity contribution >= 4 is 58.0 Å². The average Bonchev–Trinajstić information content (AvgIpc) is 3.12. The van der Waals surface area contributed by atoms with Crippen molar-refractivity contribution in [3.63, 3.8) is 0 Å². The van der Waals surface area contributed by atoms with Crippen LogP contribution in [0.2, 0.25) is 15.1 Å². The molecule has 2 aliphatic heterocycles. The Balaban J connectivity index is 1.73. The van der Waals surface area contributed by atoms with Crippen LogP contribution in [0.5, 0.6) is 0 Å². The zero-order valence-electron chi connectivity index (χ0n) is 12.4. The molecule has 0 bridgehead atoms. The van der Waals surface area contributed by atoms with Gasteiger partial charge in [0.25, 0.3) is 5.91 Å². The number of nitrogens with zero attached hydrogens (tertiary/aromatic N) is 2. The Morgan fingerprint density at radius 2 is 1.60 bits per heavy atom. The van der Waals surface area contributed by atoms with Crippen molar-refractivity contribution in [3.8, 4) is 0 Å². The molecule has 0 aliphatic carbocycles. The Hall–Kier alpha value is -2.08. The zero-order valence-corrected chi connectivity index (χ0v) is 14.7. The Kier molecular flexibility index (Phi) is 3.95. The third kappa shape index (κ3) is 2.59. The van der Waals surface area contributed by atoms with Gasteiger partial charge in [0.15, 0.2) is 0 Å². The first-order valence-electron chi connectivity index (χ1n) is 7.30. The number of amides is 2. The quantitative estimate of drug-likeness (QED) is 0.724. The van der Waals surface area contributed by atoms with E-state index >= 15 is 0 Å². The number of anilines is 1. The van der Waals surface area contributed by atoms with Gasteiger partial charge in [0.05, 0.1) is 10.7 Å². The highest BCUT2D eigenvalue weighted by atomic mass is 35.5. The maximum absolute atomic E-state index is 12.9. The molecule has 8 heteroatoms. The molecule has 1 saturated heterocycles. The van der Waals surface area contributed by atoms with E-state index in [1.807, 2.05) is 0 Å². The van der Waals surface area contributed by atoms with E-state index in [1.165, 1.54) is 12.1 Å². The van der Waals surface area contributed by atoms with Crippen LogP contribution in [-0.2, 0) is 14.4 Å². The van der Waals surface area contributed by atoms with E-state index in [2.05, 4.69) is 5.16 Å². The van der Waals surface area contributed by atoms with Crippen LogP contribution in [0.25, 0.3) is 0 Å². The molecular weight excluding hydrogens is 387 g/mol. The summed E-state index contributed by atoms with van der Waals surface area (Å²) in [7, 11) is 0. The fourth-order valence-electron chi connectivity index (χ4n) is 2.93. The smallest absolute Gasteiger partial charge is 0.279 e. The first-order chi connectivity index (χ1) is 12.0. The van der Waals surface area contributed by atoms with Crippen LogP contribution < -0.4 is 4.90 Å². The average molecular weight is 396 g/mol. The largest absolute Gasteiger partial charge is 0.381 e. The fourth-order valence-corrected chi connectivity index (χ4v) is 3.43. The predicted octanol–water partition coefficient (Wildman–Crippen LogP) is 3.94. The Morgan fingerprint density at radius 3 is 2.32 bits per heavy atom. The summed E-state index contributed by atoms with van der Waals surface area (Å²) in [4.78, 5) is 31.9. The molecule has 2 aliphatic rings. The van der Waals surface area contributed by atoms with E-state index in [-0.39, 0.29) is 10.7 Å². The van der Waals surface area contributed by atoms with Gasteiger partial charge in [-0.25, -0.2) is 4.90 Å². The summed E-state index contributed by atoms with van der Waals surface area (Å²) in [5.74, 6) is -1.80. The first-order valence-corrected chi connectivity index (χ1v) is 8.43. The van der Waals surface area contributed by atoms with Gasteiger partial charge in [-0.1, -0.05) is 52.1 Å². The number of halogens is 3. The van der Waals surface area contributed by atoms with E-state index in [1.54, 1.807) is 30.3 Å². The summed E-state index contributed by atoms with van der Waals surface area (Å²) in [6.45, 7) is 0. The third-order valence-electron chi connectivity index (χ3n) is 4.10. The highest BCUT2D eigenvalue weighted by Gasteiger charge is 2.56. The van der Waals surface area contributed by atoms with Crippen LogP contribution in [0.1, 0.15) is 5.56 Å². The number of hydrogen-bond donors (Lipinski definition) is 0. The van der Waals surface area contributed by atoms with Gasteiger partial charge in [-0.3, -0.25) is 9.59 Å². The minimum Gasteiger partial charge on any atom is -0.381 e. The molecule has 5 nitrogen and oxygen atoms in total. The zero-order chi connectivity index (χ0) is 17.7. The Bertz CT molecular complexity index is 927. The van der Waals surface area contributed by atoms with Gasteiger partial charge in [-0.05, 0) is 30.3 Å². The van der Waals surface area contributed by atoms with Crippen LogP contribution >= 0.6 is 34.8 Å². The third-order valence-corrected chi connectivity index (χ3v) is 4.91. The lowest BCUT2D eigenvalue weighted by Gasteiger charge is -2.17. The van der Waals surface area contributed by atoms with Gasteiger partial charge in [-0.15, -0.1) is 0 Å². The van der Waals surface area contributed by atoms with Gasteiger partial charge in [0.1, 0.15) is 11.6 Å². The van der Waals surface area contributed by atoms with Crippen molar-refractivity contribution < 1.29 is 14.4 Å². The molecule has 0 N–H and O–H groups in total. The van der Waals surface area contributed by atoms with Crippen molar-refractivity contribution in [2.45, 2.75) is 6.10 Å². The number of oxime groups is 1. The van der Waals surface area contributed by atoms with Gasteiger partial charge >= 0.3 is 0 Å². The van der Waals surface area contributed by atoms with Crippen molar-refractivity contribution in [1.82, 2.24) is 0 Å². The van der Waals surface area contributed by atoms with Crippen LogP contribution in [0, 0.1) is 5.92 Å². The molecule has 0 unspecified atom stereocenters. The maximum atomic E-state index is 12.9. The van der Waals surface area contributed by atoms with Crippen LogP contribution in [0.15, 0.2) is 47.6 Å². The monoisotopic (exact) mass is 394 g/mol. The number of imide groups is 1. The molecule has 2 heterocycles. The molecule has 4 rings (SSSR count). The van der Waals surface area contributed by atoms with Crippen molar-refractivity contribution in [1.29, 1.82) is 0 Å². The minimum atomic E-state index is -1.01. The normalized spacial score (nSPS) is 22.0. The summed E-state index contributed by atoms with van der Waals surface area (Å²) in [5, 5.41) is 5.10. The fraction of sp³-hybridized carbons (Fsp3) is 0.118.